The first kappa shape index (κ1) is 20.4. The molecule has 3 aromatic rings. The van der Waals surface area contributed by atoms with Gasteiger partial charge in [-0.15, -0.1) is 0 Å². The third kappa shape index (κ3) is 4.93. The fourth-order valence-electron chi connectivity index (χ4n) is 3.20. The van der Waals surface area contributed by atoms with Gasteiger partial charge in [-0.1, -0.05) is 25.5 Å². The summed E-state index contributed by atoms with van der Waals surface area (Å²) >= 11 is 0. The van der Waals surface area contributed by atoms with Gasteiger partial charge in [-0.05, 0) is 36.2 Å². The molecule has 1 N–H and O–H groups in total. The molecule has 0 saturated heterocycles. The molecule has 1 aromatic carbocycles. The van der Waals surface area contributed by atoms with Crippen molar-refractivity contribution in [1.29, 1.82) is 0 Å². The molecule has 152 valence electrons. The smallest absolute Gasteiger partial charge is 0.352 e. The lowest BCUT2D eigenvalue weighted by Gasteiger charge is -2.13. The molecule has 0 aliphatic carbocycles. The number of carboxylic acid groups (broad SMARTS) is 1. The van der Waals surface area contributed by atoms with E-state index in [4.69, 9.17) is 4.74 Å². The van der Waals surface area contributed by atoms with Gasteiger partial charge in [0.05, 0.1) is 11.9 Å². The Bertz CT molecular complexity index is 986. The van der Waals surface area contributed by atoms with Gasteiger partial charge < -0.3 is 19.0 Å². The van der Waals surface area contributed by atoms with Gasteiger partial charge in [0.1, 0.15) is 18.1 Å². The molecule has 0 fully saturated rings. The summed E-state index contributed by atoms with van der Waals surface area (Å²) in [5.74, 6) is -0.317. The third-order valence-electron chi connectivity index (χ3n) is 4.72. The van der Waals surface area contributed by atoms with Crippen molar-refractivity contribution < 1.29 is 19.4 Å². The number of carboxylic acids is 1. The second-order valence-corrected chi connectivity index (χ2v) is 6.87. The Balaban J connectivity index is 1.83. The van der Waals surface area contributed by atoms with Crippen LogP contribution in [0.4, 0.5) is 0 Å². The Morgan fingerprint density at radius 1 is 1.17 bits per heavy atom. The van der Waals surface area contributed by atoms with Crippen molar-refractivity contribution in [3.63, 3.8) is 0 Å². The van der Waals surface area contributed by atoms with Crippen LogP contribution in [0.2, 0.25) is 0 Å². The molecule has 0 atom stereocenters. The minimum Gasteiger partial charge on any atom is -0.477 e. The number of rotatable bonds is 9. The van der Waals surface area contributed by atoms with Crippen LogP contribution in [0.1, 0.15) is 54.3 Å². The van der Waals surface area contributed by atoms with E-state index < -0.39 is 5.97 Å². The molecule has 7 nitrogen and oxygen atoms in total. The fourth-order valence-corrected chi connectivity index (χ4v) is 3.20. The maximum Gasteiger partial charge on any atom is 0.352 e. The number of carbonyl (C=O) groups is 2. The Hall–Kier alpha value is -3.35. The molecule has 0 spiro atoms. The van der Waals surface area contributed by atoms with Crippen molar-refractivity contribution in [2.75, 3.05) is 0 Å². The maximum atomic E-state index is 11.3. The van der Waals surface area contributed by atoms with Gasteiger partial charge in [-0.3, -0.25) is 4.79 Å². The monoisotopic (exact) mass is 395 g/mol. The highest BCUT2D eigenvalue weighted by Crippen LogP contribution is 2.17. The second-order valence-electron chi connectivity index (χ2n) is 6.87. The first-order valence-corrected chi connectivity index (χ1v) is 9.66. The standard InChI is InChI=1S/C22H25N3O4/c1-3-4-7-21-23-13-19(15-29-16(2)26)25(21)14-17-8-10-18(11-9-17)24-12-5-6-20(24)22(27)28/h5-6,8-13H,3-4,7,14-15H2,1-2H3,(H,27,28). The lowest BCUT2D eigenvalue weighted by molar-refractivity contribution is -0.142. The van der Waals surface area contributed by atoms with Gasteiger partial charge in [0.2, 0.25) is 0 Å². The molecule has 7 heteroatoms. The van der Waals surface area contributed by atoms with Crippen molar-refractivity contribution in [2.24, 2.45) is 0 Å². The number of hydrogen-bond acceptors (Lipinski definition) is 4. The van der Waals surface area contributed by atoms with Crippen molar-refractivity contribution in [3.05, 3.63) is 71.6 Å². The summed E-state index contributed by atoms with van der Waals surface area (Å²) in [5, 5.41) is 9.30. The molecule has 0 amide bonds. The molecule has 0 aliphatic rings. The van der Waals surface area contributed by atoms with Crippen LogP contribution in [0.15, 0.2) is 48.8 Å². The number of ether oxygens (including phenoxy) is 1. The normalized spacial score (nSPS) is 10.8. The largest absolute Gasteiger partial charge is 0.477 e. The van der Waals surface area contributed by atoms with Crippen molar-refractivity contribution >= 4 is 11.9 Å². The van der Waals surface area contributed by atoms with E-state index >= 15 is 0 Å². The van der Waals surface area contributed by atoms with Crippen LogP contribution in [-0.4, -0.2) is 31.2 Å². The van der Waals surface area contributed by atoms with Crippen LogP contribution in [0.3, 0.4) is 0 Å². The van der Waals surface area contributed by atoms with Crippen LogP contribution < -0.4 is 0 Å². The second kappa shape index (κ2) is 9.23. The number of aryl methyl sites for hydroxylation is 1. The van der Waals surface area contributed by atoms with E-state index in [-0.39, 0.29) is 18.3 Å². The number of esters is 1. The van der Waals surface area contributed by atoms with Gasteiger partial charge in [0.15, 0.2) is 0 Å². The summed E-state index contributed by atoms with van der Waals surface area (Å²) in [6.07, 6.45) is 6.47. The number of nitrogens with zero attached hydrogens (tertiary/aromatic N) is 3. The van der Waals surface area contributed by atoms with E-state index in [9.17, 15) is 14.7 Å². The van der Waals surface area contributed by atoms with E-state index in [2.05, 4.69) is 16.5 Å². The van der Waals surface area contributed by atoms with Gasteiger partial charge in [0.25, 0.3) is 0 Å². The molecule has 0 radical (unpaired) electrons. The molecule has 0 saturated carbocycles. The molecule has 29 heavy (non-hydrogen) atoms. The number of aromatic carboxylic acids is 1. The minimum atomic E-state index is -0.965. The van der Waals surface area contributed by atoms with E-state index in [0.29, 0.717) is 6.54 Å². The molecular formula is C22H25N3O4. The summed E-state index contributed by atoms with van der Waals surface area (Å²) in [7, 11) is 0. The highest BCUT2D eigenvalue weighted by Gasteiger charge is 2.13. The Labute approximate surface area is 169 Å². The van der Waals surface area contributed by atoms with Gasteiger partial charge in [-0.25, -0.2) is 9.78 Å². The zero-order valence-electron chi connectivity index (χ0n) is 16.7. The number of unbranched alkanes of at least 4 members (excludes halogenated alkanes) is 1. The van der Waals surface area contributed by atoms with Gasteiger partial charge in [0, 0.05) is 31.8 Å². The highest BCUT2D eigenvalue weighted by atomic mass is 16.5. The topological polar surface area (TPSA) is 86.4 Å². The molecule has 2 aromatic heterocycles. The van der Waals surface area contributed by atoms with Crippen molar-refractivity contribution in [2.45, 2.75) is 46.3 Å². The third-order valence-corrected chi connectivity index (χ3v) is 4.72. The van der Waals surface area contributed by atoms with E-state index in [1.54, 1.807) is 29.1 Å². The van der Waals surface area contributed by atoms with Crippen LogP contribution >= 0.6 is 0 Å². The first-order chi connectivity index (χ1) is 14.0. The molecular weight excluding hydrogens is 370 g/mol. The summed E-state index contributed by atoms with van der Waals surface area (Å²) in [6.45, 7) is 4.33. The minimum absolute atomic E-state index is 0.192. The number of hydrogen-bond donors (Lipinski definition) is 1. The molecule has 0 bridgehead atoms. The SMILES string of the molecule is CCCCc1ncc(COC(C)=O)n1Cc1ccc(-n2cccc2C(=O)O)cc1. The summed E-state index contributed by atoms with van der Waals surface area (Å²) < 4.78 is 8.90. The van der Waals surface area contributed by atoms with Crippen LogP contribution in [0, 0.1) is 0 Å². The first-order valence-electron chi connectivity index (χ1n) is 9.66. The average Bonchev–Trinajstić information content (AvgIpc) is 3.33. The Kier molecular flexibility index (Phi) is 6.49. The Morgan fingerprint density at radius 3 is 2.59 bits per heavy atom. The van der Waals surface area contributed by atoms with E-state index in [0.717, 1.165) is 42.0 Å². The predicted octanol–water partition coefficient (Wildman–Crippen LogP) is 3.83. The van der Waals surface area contributed by atoms with Crippen LogP contribution in [0.5, 0.6) is 0 Å². The van der Waals surface area contributed by atoms with Crippen molar-refractivity contribution in [1.82, 2.24) is 14.1 Å². The predicted molar refractivity (Wildman–Crippen MR) is 108 cm³/mol. The average molecular weight is 395 g/mol. The van der Waals surface area contributed by atoms with E-state index in [1.165, 1.54) is 6.92 Å². The summed E-state index contributed by atoms with van der Waals surface area (Å²) in [6, 6.07) is 11.0. The molecule has 0 unspecified atom stereocenters. The summed E-state index contributed by atoms with van der Waals surface area (Å²) in [5.41, 5.74) is 2.91. The number of imidazole rings is 1. The maximum absolute atomic E-state index is 11.3. The number of carbonyl (C=O) groups excluding carboxylic acids is 1. The van der Waals surface area contributed by atoms with Crippen LogP contribution in [0.25, 0.3) is 5.69 Å². The van der Waals surface area contributed by atoms with Gasteiger partial charge >= 0.3 is 11.9 Å². The lowest BCUT2D eigenvalue weighted by atomic mass is 10.2. The molecule has 3 rings (SSSR count). The summed E-state index contributed by atoms with van der Waals surface area (Å²) in [4.78, 5) is 27.1. The zero-order valence-corrected chi connectivity index (χ0v) is 16.7. The quantitative estimate of drug-likeness (QED) is 0.557. The van der Waals surface area contributed by atoms with Crippen molar-refractivity contribution in [3.8, 4) is 5.69 Å². The number of aromatic nitrogens is 3. The molecule has 0 aliphatic heterocycles. The zero-order chi connectivity index (χ0) is 20.8. The van der Waals surface area contributed by atoms with Crippen LogP contribution in [-0.2, 0) is 29.1 Å². The fraction of sp³-hybridized carbons (Fsp3) is 0.318. The molecule has 2 heterocycles. The highest BCUT2D eigenvalue weighted by molar-refractivity contribution is 5.86. The van der Waals surface area contributed by atoms with E-state index in [1.807, 2.05) is 24.3 Å². The Morgan fingerprint density at radius 2 is 1.93 bits per heavy atom. The van der Waals surface area contributed by atoms with Gasteiger partial charge in [-0.2, -0.15) is 0 Å². The lowest BCUT2D eigenvalue weighted by Crippen LogP contribution is -2.11. The number of benzene rings is 1.